The fourth-order valence-corrected chi connectivity index (χ4v) is 1.90. The third kappa shape index (κ3) is 2.51. The van der Waals surface area contributed by atoms with Crippen LogP contribution < -0.4 is 5.56 Å². The Labute approximate surface area is 94.5 Å². The van der Waals surface area contributed by atoms with Gasteiger partial charge in [0.25, 0.3) is 5.56 Å². The third-order valence-electron chi connectivity index (χ3n) is 2.74. The van der Waals surface area contributed by atoms with E-state index in [4.69, 9.17) is 5.11 Å². The van der Waals surface area contributed by atoms with Crippen molar-refractivity contribution < 1.29 is 9.90 Å². The molecule has 0 amide bonds. The maximum Gasteiger partial charge on any atom is 0.303 e. The minimum atomic E-state index is -0.873. The highest BCUT2D eigenvalue weighted by Crippen LogP contribution is 2.08. The Morgan fingerprint density at radius 2 is 2.06 bits per heavy atom. The summed E-state index contributed by atoms with van der Waals surface area (Å²) in [4.78, 5) is 22.5. The van der Waals surface area contributed by atoms with Crippen LogP contribution in [0.5, 0.6) is 0 Å². The molecular formula is C12H17NO3. The first kappa shape index (κ1) is 12.5. The van der Waals surface area contributed by atoms with Crippen molar-refractivity contribution in [3.8, 4) is 0 Å². The normalized spacial score (nSPS) is 10.4. The zero-order valence-electron chi connectivity index (χ0n) is 9.91. The topological polar surface area (TPSA) is 59.3 Å². The zero-order valence-corrected chi connectivity index (χ0v) is 9.91. The van der Waals surface area contributed by atoms with Crippen LogP contribution in [0.1, 0.15) is 30.2 Å². The van der Waals surface area contributed by atoms with E-state index in [1.165, 1.54) is 0 Å². The molecule has 1 heterocycles. The molecule has 0 spiro atoms. The lowest BCUT2D eigenvalue weighted by atomic mass is 10.1. The number of aromatic nitrogens is 1. The SMILES string of the molecule is CCn1c(C)cc(C)c(CCC(=O)O)c1=O. The van der Waals surface area contributed by atoms with Crippen molar-refractivity contribution in [3.05, 3.63) is 33.2 Å². The van der Waals surface area contributed by atoms with Crippen LogP contribution in [0.3, 0.4) is 0 Å². The van der Waals surface area contributed by atoms with E-state index in [2.05, 4.69) is 0 Å². The zero-order chi connectivity index (χ0) is 12.3. The third-order valence-corrected chi connectivity index (χ3v) is 2.74. The minimum absolute atomic E-state index is 0.00283. The van der Waals surface area contributed by atoms with Crippen molar-refractivity contribution in [2.24, 2.45) is 0 Å². The first-order valence-corrected chi connectivity index (χ1v) is 5.39. The highest BCUT2D eigenvalue weighted by Gasteiger charge is 2.10. The van der Waals surface area contributed by atoms with Gasteiger partial charge in [-0.3, -0.25) is 9.59 Å². The lowest BCUT2D eigenvalue weighted by Crippen LogP contribution is -2.26. The predicted molar refractivity (Wildman–Crippen MR) is 61.8 cm³/mol. The minimum Gasteiger partial charge on any atom is -0.481 e. The number of aryl methyl sites for hydroxylation is 2. The Balaban J connectivity index is 3.18. The van der Waals surface area contributed by atoms with E-state index in [1.807, 2.05) is 26.8 Å². The standard InChI is InChI=1S/C12H17NO3/c1-4-13-9(3)7-8(2)10(12(13)16)5-6-11(14)15/h7H,4-6H2,1-3H3,(H,14,15). The highest BCUT2D eigenvalue weighted by atomic mass is 16.4. The summed E-state index contributed by atoms with van der Waals surface area (Å²) in [5.74, 6) is -0.873. The van der Waals surface area contributed by atoms with E-state index in [1.54, 1.807) is 4.57 Å². The molecule has 1 aromatic rings. The van der Waals surface area contributed by atoms with E-state index in [9.17, 15) is 9.59 Å². The first-order chi connectivity index (χ1) is 7.47. The summed E-state index contributed by atoms with van der Waals surface area (Å²) in [6, 6.07) is 1.93. The number of nitrogens with zero attached hydrogens (tertiary/aromatic N) is 1. The summed E-state index contributed by atoms with van der Waals surface area (Å²) in [6.45, 7) is 6.26. The molecule has 0 aliphatic carbocycles. The predicted octanol–water partition coefficient (Wildman–Crippen LogP) is 1.50. The van der Waals surface area contributed by atoms with E-state index in [0.717, 1.165) is 11.3 Å². The van der Waals surface area contributed by atoms with Crippen LogP contribution in [-0.4, -0.2) is 15.6 Å². The number of hydrogen-bond acceptors (Lipinski definition) is 2. The van der Waals surface area contributed by atoms with Crippen LogP contribution in [0, 0.1) is 13.8 Å². The second-order valence-electron chi connectivity index (χ2n) is 3.89. The van der Waals surface area contributed by atoms with E-state index >= 15 is 0 Å². The molecule has 0 atom stereocenters. The van der Waals surface area contributed by atoms with Gasteiger partial charge in [-0.25, -0.2) is 0 Å². The van der Waals surface area contributed by atoms with Gasteiger partial charge in [0.15, 0.2) is 0 Å². The molecule has 0 bridgehead atoms. The Morgan fingerprint density at radius 3 is 2.56 bits per heavy atom. The molecule has 0 saturated carbocycles. The largest absolute Gasteiger partial charge is 0.481 e. The first-order valence-electron chi connectivity index (χ1n) is 5.39. The van der Waals surface area contributed by atoms with Gasteiger partial charge < -0.3 is 9.67 Å². The summed E-state index contributed by atoms with van der Waals surface area (Å²) in [5, 5.41) is 8.63. The van der Waals surface area contributed by atoms with E-state index in [0.29, 0.717) is 18.5 Å². The van der Waals surface area contributed by atoms with Crippen LogP contribution in [0.2, 0.25) is 0 Å². The molecule has 4 heteroatoms. The molecule has 1 N–H and O–H groups in total. The Kier molecular flexibility index (Phi) is 3.88. The van der Waals surface area contributed by atoms with Gasteiger partial charge in [-0.2, -0.15) is 0 Å². The van der Waals surface area contributed by atoms with Crippen molar-refractivity contribution in [1.29, 1.82) is 0 Å². The lowest BCUT2D eigenvalue weighted by Gasteiger charge is -2.12. The summed E-state index contributed by atoms with van der Waals surface area (Å²) < 4.78 is 1.67. The molecule has 0 aliphatic rings. The van der Waals surface area contributed by atoms with Crippen molar-refractivity contribution in [2.45, 2.75) is 40.2 Å². The Bertz CT molecular complexity index is 460. The highest BCUT2D eigenvalue weighted by molar-refractivity contribution is 5.67. The molecule has 0 fully saturated rings. The molecule has 4 nitrogen and oxygen atoms in total. The van der Waals surface area contributed by atoms with Gasteiger partial charge in [-0.05, 0) is 38.8 Å². The van der Waals surface area contributed by atoms with Gasteiger partial charge in [0.1, 0.15) is 0 Å². The van der Waals surface area contributed by atoms with Gasteiger partial charge >= 0.3 is 5.97 Å². The van der Waals surface area contributed by atoms with E-state index in [-0.39, 0.29) is 12.0 Å². The molecule has 0 unspecified atom stereocenters. The number of carbonyl (C=O) groups is 1. The smallest absolute Gasteiger partial charge is 0.303 e. The van der Waals surface area contributed by atoms with Crippen molar-refractivity contribution in [3.63, 3.8) is 0 Å². The molecule has 0 saturated heterocycles. The average Bonchev–Trinajstić information content (AvgIpc) is 2.16. The number of pyridine rings is 1. The van der Waals surface area contributed by atoms with Crippen LogP contribution >= 0.6 is 0 Å². The summed E-state index contributed by atoms with van der Waals surface area (Å²) >= 11 is 0. The van der Waals surface area contributed by atoms with Crippen LogP contribution in [-0.2, 0) is 17.8 Å². The Hall–Kier alpha value is -1.58. The molecule has 1 aromatic heterocycles. The lowest BCUT2D eigenvalue weighted by molar-refractivity contribution is -0.136. The summed E-state index contributed by atoms with van der Waals surface area (Å²) in [6.07, 6.45) is 0.309. The number of carboxylic acids is 1. The van der Waals surface area contributed by atoms with Gasteiger partial charge in [-0.1, -0.05) is 0 Å². The van der Waals surface area contributed by atoms with Gasteiger partial charge in [0.05, 0.1) is 0 Å². The fraction of sp³-hybridized carbons (Fsp3) is 0.500. The maximum atomic E-state index is 12.0. The molecule has 0 aromatic carbocycles. The molecular weight excluding hydrogens is 206 g/mol. The molecule has 88 valence electrons. The number of hydrogen-bond donors (Lipinski definition) is 1. The maximum absolute atomic E-state index is 12.0. The van der Waals surface area contributed by atoms with Crippen molar-refractivity contribution in [1.82, 2.24) is 4.57 Å². The number of rotatable bonds is 4. The van der Waals surface area contributed by atoms with Gasteiger partial charge in [0.2, 0.25) is 0 Å². The molecule has 1 rings (SSSR count). The quantitative estimate of drug-likeness (QED) is 0.841. The van der Waals surface area contributed by atoms with Gasteiger partial charge in [0, 0.05) is 24.2 Å². The fourth-order valence-electron chi connectivity index (χ4n) is 1.90. The second-order valence-corrected chi connectivity index (χ2v) is 3.89. The average molecular weight is 223 g/mol. The summed E-state index contributed by atoms with van der Waals surface area (Å²) in [7, 11) is 0. The summed E-state index contributed by atoms with van der Waals surface area (Å²) in [5.41, 5.74) is 2.37. The second kappa shape index (κ2) is 4.96. The van der Waals surface area contributed by atoms with Crippen LogP contribution in [0.15, 0.2) is 10.9 Å². The number of aliphatic carboxylic acids is 1. The Morgan fingerprint density at radius 1 is 1.44 bits per heavy atom. The molecule has 0 radical (unpaired) electrons. The van der Waals surface area contributed by atoms with E-state index < -0.39 is 5.97 Å². The van der Waals surface area contributed by atoms with Crippen LogP contribution in [0.25, 0.3) is 0 Å². The molecule has 0 aliphatic heterocycles. The van der Waals surface area contributed by atoms with Crippen molar-refractivity contribution >= 4 is 5.97 Å². The number of carboxylic acid groups (broad SMARTS) is 1. The monoisotopic (exact) mass is 223 g/mol. The van der Waals surface area contributed by atoms with Crippen LogP contribution in [0.4, 0.5) is 0 Å². The van der Waals surface area contributed by atoms with Gasteiger partial charge in [-0.15, -0.1) is 0 Å². The molecule has 16 heavy (non-hydrogen) atoms. The van der Waals surface area contributed by atoms with Crippen molar-refractivity contribution in [2.75, 3.05) is 0 Å².